The van der Waals surface area contributed by atoms with E-state index in [0.717, 1.165) is 11.3 Å². The number of nitrogens with one attached hydrogen (secondary N) is 1. The Morgan fingerprint density at radius 2 is 1.88 bits per heavy atom. The summed E-state index contributed by atoms with van der Waals surface area (Å²) in [7, 11) is 1.79. The van der Waals surface area contributed by atoms with Gasteiger partial charge in [0.25, 0.3) is 0 Å². The number of rotatable bonds is 2. The lowest BCUT2D eigenvalue weighted by Crippen LogP contribution is -1.95. The van der Waals surface area contributed by atoms with Crippen LogP contribution in [0.5, 0.6) is 0 Å². The normalized spacial score (nSPS) is 10.2. The van der Waals surface area contributed by atoms with Gasteiger partial charge in [-0.3, -0.25) is 0 Å². The maximum absolute atomic E-state index is 6.07. The van der Waals surface area contributed by atoms with E-state index < -0.39 is 0 Å². The highest BCUT2D eigenvalue weighted by Crippen LogP contribution is 2.28. The van der Waals surface area contributed by atoms with E-state index in [1.807, 2.05) is 18.2 Å². The Morgan fingerprint density at radius 3 is 2.44 bits per heavy atom. The molecule has 2 rings (SSSR count). The Kier molecular flexibility index (Phi) is 3.27. The minimum Gasteiger partial charge on any atom is -0.372 e. The number of benzene rings is 1. The van der Waals surface area contributed by atoms with Gasteiger partial charge in [-0.1, -0.05) is 23.2 Å². The first-order valence-electron chi connectivity index (χ1n) is 4.67. The van der Waals surface area contributed by atoms with Gasteiger partial charge in [0.2, 0.25) is 0 Å². The minimum absolute atomic E-state index is 0.569. The molecule has 2 aromatic rings. The highest BCUT2D eigenvalue weighted by Gasteiger charge is 2.05. The molecule has 1 aromatic heterocycles. The van der Waals surface area contributed by atoms with Crippen molar-refractivity contribution in [3.8, 4) is 11.3 Å². The monoisotopic (exact) mass is 253 g/mol. The second-order valence-corrected chi connectivity index (χ2v) is 4.02. The lowest BCUT2D eigenvalue weighted by molar-refractivity contribution is 1.04. The lowest BCUT2D eigenvalue weighted by Gasteiger charge is -2.04. The molecule has 0 aliphatic heterocycles. The van der Waals surface area contributed by atoms with Crippen LogP contribution in [0.3, 0.4) is 0 Å². The van der Waals surface area contributed by atoms with Crippen molar-refractivity contribution in [3.63, 3.8) is 0 Å². The zero-order valence-corrected chi connectivity index (χ0v) is 10.0. The first-order chi connectivity index (χ1) is 7.70. The van der Waals surface area contributed by atoms with Crippen molar-refractivity contribution in [2.45, 2.75) is 0 Å². The van der Waals surface area contributed by atoms with E-state index in [9.17, 15) is 0 Å². The Balaban J connectivity index is 2.42. The van der Waals surface area contributed by atoms with Crippen LogP contribution < -0.4 is 5.32 Å². The molecular weight excluding hydrogens is 245 g/mol. The van der Waals surface area contributed by atoms with E-state index in [-0.39, 0.29) is 0 Å². The molecule has 0 saturated heterocycles. The van der Waals surface area contributed by atoms with E-state index in [4.69, 9.17) is 23.2 Å². The molecule has 0 unspecified atom stereocenters. The van der Waals surface area contributed by atoms with Crippen LogP contribution >= 0.6 is 23.2 Å². The van der Waals surface area contributed by atoms with Crippen LogP contribution in [0, 0.1) is 0 Å². The summed E-state index contributed by atoms with van der Waals surface area (Å²) < 4.78 is 0. The smallest absolute Gasteiger partial charge is 0.148 e. The molecule has 0 fully saturated rings. The maximum atomic E-state index is 6.07. The molecule has 82 valence electrons. The quantitative estimate of drug-likeness (QED) is 0.891. The summed E-state index contributed by atoms with van der Waals surface area (Å²) >= 11 is 11.9. The first-order valence-corrected chi connectivity index (χ1v) is 5.43. The van der Waals surface area contributed by atoms with Gasteiger partial charge in [-0.25, -0.2) is 0 Å². The highest BCUT2D eigenvalue weighted by molar-refractivity contribution is 6.36. The molecule has 0 bridgehead atoms. The van der Waals surface area contributed by atoms with Gasteiger partial charge >= 0.3 is 0 Å². The van der Waals surface area contributed by atoms with Crippen LogP contribution in [-0.2, 0) is 0 Å². The zero-order chi connectivity index (χ0) is 11.5. The summed E-state index contributed by atoms with van der Waals surface area (Å²) in [5, 5.41) is 12.1. The van der Waals surface area contributed by atoms with Crippen molar-refractivity contribution in [1.29, 1.82) is 0 Å². The van der Waals surface area contributed by atoms with Gasteiger partial charge in [0.05, 0.1) is 10.7 Å². The van der Waals surface area contributed by atoms with Crippen LogP contribution in [0.2, 0.25) is 10.0 Å². The molecule has 1 aromatic carbocycles. The average molecular weight is 254 g/mol. The molecule has 1 heterocycles. The minimum atomic E-state index is 0.569. The van der Waals surface area contributed by atoms with E-state index in [2.05, 4.69) is 15.5 Å². The average Bonchev–Trinajstić information content (AvgIpc) is 2.29. The molecule has 16 heavy (non-hydrogen) atoms. The van der Waals surface area contributed by atoms with E-state index in [0.29, 0.717) is 15.9 Å². The topological polar surface area (TPSA) is 37.8 Å². The molecular formula is C11H9Cl2N3. The fourth-order valence-corrected chi connectivity index (χ4v) is 1.81. The molecule has 0 aliphatic rings. The SMILES string of the molecule is CNc1ccc(-c2ccc(Cl)cc2Cl)nn1. The van der Waals surface area contributed by atoms with Crippen molar-refractivity contribution in [2.24, 2.45) is 0 Å². The van der Waals surface area contributed by atoms with Gasteiger partial charge < -0.3 is 5.32 Å². The summed E-state index contributed by atoms with van der Waals surface area (Å²) in [6.07, 6.45) is 0. The van der Waals surface area contributed by atoms with Crippen LogP contribution in [0.25, 0.3) is 11.3 Å². The molecule has 1 N–H and O–H groups in total. The summed E-state index contributed by atoms with van der Waals surface area (Å²) in [4.78, 5) is 0. The lowest BCUT2D eigenvalue weighted by atomic mass is 10.1. The second kappa shape index (κ2) is 4.68. The molecule has 0 saturated carbocycles. The number of anilines is 1. The largest absolute Gasteiger partial charge is 0.372 e. The molecule has 3 nitrogen and oxygen atoms in total. The third-order valence-corrected chi connectivity index (χ3v) is 2.68. The first kappa shape index (κ1) is 11.2. The van der Waals surface area contributed by atoms with Crippen LogP contribution in [0.4, 0.5) is 5.82 Å². The number of hydrogen-bond donors (Lipinski definition) is 1. The standard InChI is InChI=1S/C11H9Cl2N3/c1-14-11-5-4-10(15-16-11)8-3-2-7(12)6-9(8)13/h2-6H,1H3,(H,14,16). The molecule has 0 atom stereocenters. The van der Waals surface area contributed by atoms with Crippen LogP contribution in [0.1, 0.15) is 0 Å². The van der Waals surface area contributed by atoms with Crippen LogP contribution in [-0.4, -0.2) is 17.2 Å². The van der Waals surface area contributed by atoms with Gasteiger partial charge in [0.15, 0.2) is 0 Å². The van der Waals surface area contributed by atoms with Crippen molar-refractivity contribution in [3.05, 3.63) is 40.4 Å². The predicted octanol–water partition coefficient (Wildman–Crippen LogP) is 3.49. The number of aromatic nitrogens is 2. The van der Waals surface area contributed by atoms with E-state index in [1.165, 1.54) is 0 Å². The third-order valence-electron chi connectivity index (χ3n) is 2.13. The number of halogens is 2. The zero-order valence-electron chi connectivity index (χ0n) is 8.54. The summed E-state index contributed by atoms with van der Waals surface area (Å²) in [5.41, 5.74) is 1.54. The van der Waals surface area contributed by atoms with Crippen molar-refractivity contribution in [2.75, 3.05) is 12.4 Å². The molecule has 0 radical (unpaired) electrons. The summed E-state index contributed by atoms with van der Waals surface area (Å²) in [6, 6.07) is 8.98. The third kappa shape index (κ3) is 2.26. The van der Waals surface area contributed by atoms with Gasteiger partial charge in [0, 0.05) is 17.6 Å². The summed E-state index contributed by atoms with van der Waals surface area (Å²) in [6.45, 7) is 0. The Morgan fingerprint density at radius 1 is 1.06 bits per heavy atom. The predicted molar refractivity (Wildman–Crippen MR) is 67.0 cm³/mol. The van der Waals surface area contributed by atoms with E-state index >= 15 is 0 Å². The fraction of sp³-hybridized carbons (Fsp3) is 0.0909. The van der Waals surface area contributed by atoms with Gasteiger partial charge in [-0.05, 0) is 30.3 Å². The number of hydrogen-bond acceptors (Lipinski definition) is 3. The van der Waals surface area contributed by atoms with Gasteiger partial charge in [-0.15, -0.1) is 10.2 Å². The maximum Gasteiger partial charge on any atom is 0.148 e. The number of nitrogens with zero attached hydrogens (tertiary/aromatic N) is 2. The fourth-order valence-electron chi connectivity index (χ4n) is 1.31. The Labute approximate surface area is 103 Å². The molecule has 0 aliphatic carbocycles. The van der Waals surface area contributed by atoms with Crippen LogP contribution in [0.15, 0.2) is 30.3 Å². The molecule has 0 spiro atoms. The van der Waals surface area contributed by atoms with Crippen molar-refractivity contribution >= 4 is 29.0 Å². The van der Waals surface area contributed by atoms with Gasteiger partial charge in [-0.2, -0.15) is 0 Å². The van der Waals surface area contributed by atoms with Crippen molar-refractivity contribution in [1.82, 2.24) is 10.2 Å². The summed E-state index contributed by atoms with van der Waals surface area (Å²) in [5.74, 6) is 0.717. The second-order valence-electron chi connectivity index (χ2n) is 3.18. The Hall–Kier alpha value is -1.32. The molecule has 5 heteroatoms. The highest BCUT2D eigenvalue weighted by atomic mass is 35.5. The Bertz CT molecular complexity index is 497. The molecule has 0 amide bonds. The van der Waals surface area contributed by atoms with E-state index in [1.54, 1.807) is 19.2 Å². The van der Waals surface area contributed by atoms with Crippen molar-refractivity contribution < 1.29 is 0 Å². The van der Waals surface area contributed by atoms with Gasteiger partial charge in [0.1, 0.15) is 5.82 Å².